The Labute approximate surface area is 178 Å². The first-order valence-corrected chi connectivity index (χ1v) is 10.6. The van der Waals surface area contributed by atoms with Gasteiger partial charge >= 0.3 is 0 Å². The van der Waals surface area contributed by atoms with Crippen LogP contribution in [-0.4, -0.2) is 0 Å². The molecule has 0 unspecified atom stereocenters. The number of hydrogen-bond acceptors (Lipinski definition) is 1. The van der Waals surface area contributed by atoms with Gasteiger partial charge in [0.25, 0.3) is 0 Å². The number of benzene rings is 4. The fourth-order valence-electron chi connectivity index (χ4n) is 4.78. The average Bonchev–Trinajstić information content (AvgIpc) is 2.81. The smallest absolute Gasteiger partial charge is 0.178 e. The highest BCUT2D eigenvalue weighted by Crippen LogP contribution is 2.45. The molecular formula is C29H26O. The lowest BCUT2D eigenvalue weighted by Gasteiger charge is -2.36. The number of hydrogen-bond donors (Lipinski definition) is 0. The van der Waals surface area contributed by atoms with Crippen molar-refractivity contribution in [3.63, 3.8) is 0 Å². The summed E-state index contributed by atoms with van der Waals surface area (Å²) in [5.74, 6) is 0.934. The van der Waals surface area contributed by atoms with Gasteiger partial charge < -0.3 is 4.74 Å². The Morgan fingerprint density at radius 3 is 1.77 bits per heavy atom. The molecule has 0 fully saturated rings. The molecule has 0 aromatic heterocycles. The van der Waals surface area contributed by atoms with Gasteiger partial charge in [-0.2, -0.15) is 0 Å². The van der Waals surface area contributed by atoms with Crippen LogP contribution in [0.1, 0.15) is 38.9 Å². The van der Waals surface area contributed by atoms with Crippen molar-refractivity contribution in [2.24, 2.45) is 0 Å². The predicted molar refractivity (Wildman–Crippen MR) is 126 cm³/mol. The molecule has 0 spiro atoms. The van der Waals surface area contributed by atoms with E-state index < -0.39 is 5.60 Å². The topological polar surface area (TPSA) is 9.23 Å². The van der Waals surface area contributed by atoms with Crippen molar-refractivity contribution in [1.29, 1.82) is 0 Å². The molecule has 0 bridgehead atoms. The molecule has 5 rings (SSSR count). The van der Waals surface area contributed by atoms with Crippen LogP contribution in [0.3, 0.4) is 0 Å². The Morgan fingerprint density at radius 2 is 1.17 bits per heavy atom. The van der Waals surface area contributed by atoms with Crippen molar-refractivity contribution in [3.8, 4) is 5.75 Å². The first-order chi connectivity index (χ1) is 14.5. The summed E-state index contributed by atoms with van der Waals surface area (Å²) < 4.78 is 6.88. The highest BCUT2D eigenvalue weighted by molar-refractivity contribution is 5.99. The number of ether oxygens (including phenoxy) is 1. The van der Waals surface area contributed by atoms with Crippen LogP contribution in [0.4, 0.5) is 0 Å². The molecular weight excluding hydrogens is 364 g/mol. The SMILES string of the molecule is Cc1c(C)c(C)c2c3c(ccc2c1C)OC(c1ccccc1)(c1ccccc1)C=C3. The van der Waals surface area contributed by atoms with Crippen molar-refractivity contribution in [2.75, 3.05) is 0 Å². The quantitative estimate of drug-likeness (QED) is 0.346. The van der Waals surface area contributed by atoms with Crippen molar-refractivity contribution < 1.29 is 4.74 Å². The fourth-order valence-corrected chi connectivity index (χ4v) is 4.78. The second-order valence-corrected chi connectivity index (χ2v) is 8.30. The average molecular weight is 391 g/mol. The molecule has 0 saturated heterocycles. The summed E-state index contributed by atoms with van der Waals surface area (Å²) in [6.07, 6.45) is 4.49. The minimum absolute atomic E-state index is 0.633. The number of fused-ring (bicyclic) bond motifs is 3. The van der Waals surface area contributed by atoms with Gasteiger partial charge in [-0.1, -0.05) is 66.7 Å². The first kappa shape index (κ1) is 18.7. The van der Waals surface area contributed by atoms with Crippen LogP contribution in [0.2, 0.25) is 0 Å². The van der Waals surface area contributed by atoms with Crippen LogP contribution in [-0.2, 0) is 5.60 Å². The van der Waals surface area contributed by atoms with E-state index in [0.717, 1.165) is 16.9 Å². The molecule has 0 N–H and O–H groups in total. The molecule has 0 atom stereocenters. The summed E-state index contributed by atoms with van der Waals surface area (Å²) in [5.41, 5.74) is 8.24. The molecule has 1 heteroatoms. The van der Waals surface area contributed by atoms with E-state index in [9.17, 15) is 0 Å². The van der Waals surface area contributed by atoms with Gasteiger partial charge in [0.2, 0.25) is 0 Å². The third-order valence-electron chi connectivity index (χ3n) is 6.83. The largest absolute Gasteiger partial charge is 0.473 e. The Bertz CT molecular complexity index is 1240. The molecule has 0 amide bonds. The standard InChI is InChI=1S/C29H26O/c1-19-20(2)22(4)28-25(21(19)3)15-16-27-26(28)17-18-29(30-27,23-11-7-5-8-12-23)24-13-9-6-10-14-24/h5-18H,1-4H3. The van der Waals surface area contributed by atoms with E-state index in [1.165, 1.54) is 38.6 Å². The number of aryl methyl sites for hydroxylation is 2. The maximum Gasteiger partial charge on any atom is 0.178 e. The first-order valence-electron chi connectivity index (χ1n) is 10.6. The van der Waals surface area contributed by atoms with Crippen molar-refractivity contribution in [1.82, 2.24) is 0 Å². The summed E-state index contributed by atoms with van der Waals surface area (Å²) in [4.78, 5) is 0. The van der Waals surface area contributed by atoms with E-state index in [1.807, 2.05) is 12.1 Å². The van der Waals surface area contributed by atoms with E-state index in [2.05, 4.69) is 101 Å². The summed E-state index contributed by atoms with van der Waals surface area (Å²) >= 11 is 0. The zero-order chi connectivity index (χ0) is 20.9. The molecule has 0 saturated carbocycles. The monoisotopic (exact) mass is 390 g/mol. The van der Waals surface area contributed by atoms with E-state index in [4.69, 9.17) is 4.74 Å². The van der Waals surface area contributed by atoms with Gasteiger partial charge in [0.1, 0.15) is 5.75 Å². The Morgan fingerprint density at radius 1 is 0.600 bits per heavy atom. The van der Waals surface area contributed by atoms with Gasteiger partial charge in [0.15, 0.2) is 5.60 Å². The minimum Gasteiger partial charge on any atom is -0.473 e. The van der Waals surface area contributed by atoms with Gasteiger partial charge in [0.05, 0.1) is 0 Å². The molecule has 1 nitrogen and oxygen atoms in total. The maximum atomic E-state index is 6.88. The molecule has 1 aliphatic rings. The summed E-state index contributed by atoms with van der Waals surface area (Å²) in [6.45, 7) is 8.90. The van der Waals surface area contributed by atoms with Crippen LogP contribution in [0.15, 0.2) is 78.9 Å². The second kappa shape index (κ2) is 6.88. The van der Waals surface area contributed by atoms with Gasteiger partial charge in [-0.25, -0.2) is 0 Å². The summed E-state index contributed by atoms with van der Waals surface area (Å²) in [7, 11) is 0. The lowest BCUT2D eigenvalue weighted by atomic mass is 9.82. The Kier molecular flexibility index (Phi) is 4.29. The van der Waals surface area contributed by atoms with Gasteiger partial charge in [0, 0.05) is 16.7 Å². The summed E-state index contributed by atoms with van der Waals surface area (Å²) in [6, 6.07) is 25.4. The molecule has 30 heavy (non-hydrogen) atoms. The molecule has 1 heterocycles. The van der Waals surface area contributed by atoms with Crippen LogP contribution >= 0.6 is 0 Å². The second-order valence-electron chi connectivity index (χ2n) is 8.30. The Hall–Kier alpha value is -3.32. The lowest BCUT2D eigenvalue weighted by molar-refractivity contribution is 0.161. The van der Waals surface area contributed by atoms with Crippen LogP contribution in [0.25, 0.3) is 16.8 Å². The Balaban J connectivity index is 1.79. The molecule has 0 aliphatic carbocycles. The zero-order valence-electron chi connectivity index (χ0n) is 18.0. The summed E-state index contributed by atoms with van der Waals surface area (Å²) in [5, 5.41) is 2.62. The highest BCUT2D eigenvalue weighted by atomic mass is 16.5. The molecule has 4 aromatic rings. The van der Waals surface area contributed by atoms with E-state index in [1.54, 1.807) is 0 Å². The van der Waals surface area contributed by atoms with Crippen LogP contribution in [0.5, 0.6) is 5.75 Å². The van der Waals surface area contributed by atoms with E-state index >= 15 is 0 Å². The predicted octanol–water partition coefficient (Wildman–Crippen LogP) is 7.42. The van der Waals surface area contributed by atoms with E-state index in [-0.39, 0.29) is 0 Å². The van der Waals surface area contributed by atoms with Gasteiger partial charge in [-0.15, -0.1) is 0 Å². The van der Waals surface area contributed by atoms with Crippen LogP contribution < -0.4 is 4.74 Å². The maximum absolute atomic E-state index is 6.88. The zero-order valence-corrected chi connectivity index (χ0v) is 18.0. The number of rotatable bonds is 2. The lowest BCUT2D eigenvalue weighted by Crippen LogP contribution is -2.34. The molecule has 148 valence electrons. The molecule has 1 aliphatic heterocycles. The molecule has 4 aromatic carbocycles. The molecule has 0 radical (unpaired) electrons. The van der Waals surface area contributed by atoms with Gasteiger partial charge in [-0.3, -0.25) is 0 Å². The third-order valence-corrected chi connectivity index (χ3v) is 6.83. The van der Waals surface area contributed by atoms with Crippen LogP contribution in [0, 0.1) is 27.7 Å². The normalized spacial score (nSPS) is 14.4. The van der Waals surface area contributed by atoms with Crippen molar-refractivity contribution in [2.45, 2.75) is 33.3 Å². The van der Waals surface area contributed by atoms with Gasteiger partial charge in [-0.05, 0) is 78.9 Å². The van der Waals surface area contributed by atoms with Crippen molar-refractivity contribution in [3.05, 3.63) is 118 Å². The fraction of sp³-hybridized carbons (Fsp3) is 0.172. The van der Waals surface area contributed by atoms with Crippen molar-refractivity contribution >= 4 is 16.8 Å². The third kappa shape index (κ3) is 2.62. The highest BCUT2D eigenvalue weighted by Gasteiger charge is 2.37. The minimum atomic E-state index is -0.633. The van der Waals surface area contributed by atoms with E-state index in [0.29, 0.717) is 0 Å².